The molecule has 0 spiro atoms. The molecule has 140 valence electrons. The first-order valence-corrected chi connectivity index (χ1v) is 8.98. The van der Waals surface area contributed by atoms with Crippen LogP contribution in [0, 0.1) is 0 Å². The lowest BCUT2D eigenvalue weighted by Gasteiger charge is -2.28. The molecule has 0 unspecified atom stereocenters. The van der Waals surface area contributed by atoms with Crippen molar-refractivity contribution in [3.63, 3.8) is 0 Å². The molecule has 0 bridgehead atoms. The minimum Gasteiger partial charge on any atom is -0.493 e. The van der Waals surface area contributed by atoms with Crippen LogP contribution in [-0.2, 0) is 0 Å². The van der Waals surface area contributed by atoms with Gasteiger partial charge in [-0.2, -0.15) is 0 Å². The van der Waals surface area contributed by atoms with Crippen LogP contribution in [-0.4, -0.2) is 55.4 Å². The summed E-state index contributed by atoms with van der Waals surface area (Å²) < 4.78 is 10.7. The van der Waals surface area contributed by atoms with Crippen molar-refractivity contribution in [1.82, 2.24) is 20.3 Å². The van der Waals surface area contributed by atoms with Crippen molar-refractivity contribution in [2.45, 2.75) is 0 Å². The molecule has 7 heteroatoms. The van der Waals surface area contributed by atoms with Gasteiger partial charge in [0.2, 0.25) is 0 Å². The van der Waals surface area contributed by atoms with E-state index in [4.69, 9.17) is 14.5 Å². The Bertz CT molecular complexity index is 901. The molecule has 3 heterocycles. The van der Waals surface area contributed by atoms with Gasteiger partial charge in [-0.1, -0.05) is 0 Å². The van der Waals surface area contributed by atoms with Gasteiger partial charge in [-0.15, -0.1) is 0 Å². The van der Waals surface area contributed by atoms with Gasteiger partial charge in [0, 0.05) is 49.7 Å². The fourth-order valence-corrected chi connectivity index (χ4v) is 3.22. The highest BCUT2D eigenvalue weighted by Crippen LogP contribution is 2.32. The molecule has 0 aliphatic carbocycles. The number of nitrogens with zero attached hydrogens (tertiary/aromatic N) is 3. The molecule has 3 aromatic rings. The molecule has 2 N–H and O–H groups in total. The minimum atomic E-state index is 0.682. The van der Waals surface area contributed by atoms with E-state index in [-0.39, 0.29) is 0 Å². The first-order chi connectivity index (χ1) is 13.3. The van der Waals surface area contributed by atoms with Crippen LogP contribution in [0.4, 0.5) is 5.82 Å². The third kappa shape index (κ3) is 3.59. The largest absolute Gasteiger partial charge is 0.493 e. The Labute approximate surface area is 158 Å². The molecular weight excluding hydrogens is 342 g/mol. The van der Waals surface area contributed by atoms with E-state index in [0.29, 0.717) is 11.5 Å². The lowest BCUT2D eigenvalue weighted by molar-refractivity contribution is 0.355. The SMILES string of the molecule is COc1ccc(-c2c[nH]c(-c3ccc(N4CCNCC4)nc3)n2)cc1OC. The Morgan fingerprint density at radius 2 is 1.74 bits per heavy atom. The number of hydrogen-bond acceptors (Lipinski definition) is 6. The third-order valence-electron chi connectivity index (χ3n) is 4.72. The van der Waals surface area contributed by atoms with Crippen molar-refractivity contribution in [2.75, 3.05) is 45.3 Å². The van der Waals surface area contributed by atoms with Crippen molar-refractivity contribution in [1.29, 1.82) is 0 Å². The van der Waals surface area contributed by atoms with Crippen LogP contribution in [0.2, 0.25) is 0 Å². The standard InChI is InChI=1S/C20H23N5O2/c1-26-17-5-3-14(11-18(17)27-2)16-13-23-20(24-16)15-4-6-19(22-12-15)25-9-7-21-8-10-25/h3-6,11-13,21H,7-10H2,1-2H3,(H,23,24). The van der Waals surface area contributed by atoms with Crippen molar-refractivity contribution in [2.24, 2.45) is 0 Å². The zero-order chi connectivity index (χ0) is 18.6. The Hall–Kier alpha value is -3.06. The van der Waals surface area contributed by atoms with Gasteiger partial charge in [-0.05, 0) is 30.3 Å². The molecule has 1 fully saturated rings. The Balaban J connectivity index is 1.55. The summed E-state index contributed by atoms with van der Waals surface area (Å²) in [5.41, 5.74) is 2.76. The Kier molecular flexibility index (Phi) is 4.93. The first-order valence-electron chi connectivity index (χ1n) is 8.98. The van der Waals surface area contributed by atoms with Gasteiger partial charge in [-0.3, -0.25) is 0 Å². The van der Waals surface area contributed by atoms with E-state index in [0.717, 1.165) is 54.6 Å². The molecule has 27 heavy (non-hydrogen) atoms. The van der Waals surface area contributed by atoms with Gasteiger partial charge in [0.05, 0.1) is 19.9 Å². The first kappa shape index (κ1) is 17.4. The predicted molar refractivity (Wildman–Crippen MR) is 105 cm³/mol. The third-order valence-corrected chi connectivity index (χ3v) is 4.72. The van der Waals surface area contributed by atoms with Crippen molar-refractivity contribution in [3.05, 3.63) is 42.7 Å². The molecular formula is C20H23N5O2. The number of anilines is 1. The Morgan fingerprint density at radius 1 is 0.963 bits per heavy atom. The molecule has 1 aliphatic rings. The second-order valence-corrected chi connectivity index (χ2v) is 6.35. The number of aromatic amines is 1. The number of ether oxygens (including phenoxy) is 2. The maximum atomic E-state index is 5.38. The number of methoxy groups -OCH3 is 2. The molecule has 0 amide bonds. The zero-order valence-corrected chi connectivity index (χ0v) is 15.5. The molecule has 2 aromatic heterocycles. The number of pyridine rings is 1. The van der Waals surface area contributed by atoms with Crippen LogP contribution >= 0.6 is 0 Å². The average Bonchev–Trinajstić information content (AvgIpc) is 3.24. The second kappa shape index (κ2) is 7.67. The summed E-state index contributed by atoms with van der Waals surface area (Å²) >= 11 is 0. The van der Waals surface area contributed by atoms with E-state index < -0.39 is 0 Å². The van der Waals surface area contributed by atoms with Crippen LogP contribution in [0.15, 0.2) is 42.7 Å². The van der Waals surface area contributed by atoms with E-state index in [1.165, 1.54) is 0 Å². The summed E-state index contributed by atoms with van der Waals surface area (Å²) in [6.45, 7) is 3.96. The molecule has 1 aliphatic heterocycles. The van der Waals surface area contributed by atoms with Gasteiger partial charge < -0.3 is 24.7 Å². The fraction of sp³-hybridized carbons (Fsp3) is 0.300. The highest BCUT2D eigenvalue weighted by atomic mass is 16.5. The van der Waals surface area contributed by atoms with E-state index in [9.17, 15) is 0 Å². The van der Waals surface area contributed by atoms with Gasteiger partial charge in [0.25, 0.3) is 0 Å². The number of aromatic nitrogens is 3. The van der Waals surface area contributed by atoms with Gasteiger partial charge in [-0.25, -0.2) is 9.97 Å². The van der Waals surface area contributed by atoms with Crippen molar-refractivity contribution in [3.8, 4) is 34.1 Å². The minimum absolute atomic E-state index is 0.682. The van der Waals surface area contributed by atoms with Gasteiger partial charge in [0.15, 0.2) is 11.5 Å². The van der Waals surface area contributed by atoms with Crippen LogP contribution in [0.5, 0.6) is 11.5 Å². The molecule has 7 nitrogen and oxygen atoms in total. The molecule has 1 saturated heterocycles. The van der Waals surface area contributed by atoms with Crippen molar-refractivity contribution < 1.29 is 9.47 Å². The van der Waals surface area contributed by atoms with E-state index >= 15 is 0 Å². The molecule has 4 rings (SSSR count). The summed E-state index contributed by atoms with van der Waals surface area (Å²) in [5.74, 6) is 3.18. The predicted octanol–water partition coefficient (Wildman–Crippen LogP) is 2.57. The fourth-order valence-electron chi connectivity index (χ4n) is 3.22. The van der Waals surface area contributed by atoms with E-state index in [1.807, 2.05) is 30.6 Å². The number of benzene rings is 1. The smallest absolute Gasteiger partial charge is 0.161 e. The quantitative estimate of drug-likeness (QED) is 0.724. The average molecular weight is 365 g/mol. The summed E-state index contributed by atoms with van der Waals surface area (Å²) in [6.07, 6.45) is 3.76. The van der Waals surface area contributed by atoms with Crippen LogP contribution in [0.1, 0.15) is 0 Å². The lowest BCUT2D eigenvalue weighted by atomic mass is 10.1. The summed E-state index contributed by atoms with van der Waals surface area (Å²) in [5, 5.41) is 3.35. The maximum Gasteiger partial charge on any atom is 0.161 e. The van der Waals surface area contributed by atoms with E-state index in [2.05, 4.69) is 32.3 Å². The second-order valence-electron chi connectivity index (χ2n) is 6.35. The molecule has 0 atom stereocenters. The van der Waals surface area contributed by atoms with Gasteiger partial charge in [0.1, 0.15) is 11.6 Å². The number of piperazine rings is 1. The summed E-state index contributed by atoms with van der Waals surface area (Å²) in [4.78, 5) is 14.8. The monoisotopic (exact) mass is 365 g/mol. The van der Waals surface area contributed by atoms with Crippen LogP contribution in [0.25, 0.3) is 22.6 Å². The molecule has 1 aromatic carbocycles. The zero-order valence-electron chi connectivity index (χ0n) is 15.5. The number of imidazole rings is 1. The molecule has 0 saturated carbocycles. The van der Waals surface area contributed by atoms with E-state index in [1.54, 1.807) is 14.2 Å². The number of H-pyrrole nitrogens is 1. The topological polar surface area (TPSA) is 75.3 Å². The number of nitrogens with one attached hydrogen (secondary N) is 2. The van der Waals surface area contributed by atoms with Crippen molar-refractivity contribution >= 4 is 5.82 Å². The normalized spacial score (nSPS) is 14.2. The highest BCUT2D eigenvalue weighted by Gasteiger charge is 2.13. The Morgan fingerprint density at radius 3 is 2.44 bits per heavy atom. The summed E-state index contributed by atoms with van der Waals surface area (Å²) in [6, 6.07) is 9.88. The van der Waals surface area contributed by atoms with Crippen LogP contribution in [0.3, 0.4) is 0 Å². The van der Waals surface area contributed by atoms with Gasteiger partial charge >= 0.3 is 0 Å². The number of hydrogen-bond donors (Lipinski definition) is 2. The maximum absolute atomic E-state index is 5.38. The molecule has 0 radical (unpaired) electrons. The highest BCUT2D eigenvalue weighted by molar-refractivity contribution is 5.67. The summed E-state index contributed by atoms with van der Waals surface area (Å²) in [7, 11) is 3.25. The lowest BCUT2D eigenvalue weighted by Crippen LogP contribution is -2.43. The number of rotatable bonds is 5. The van der Waals surface area contributed by atoms with Crippen LogP contribution < -0.4 is 19.7 Å².